The Kier molecular flexibility index (Phi) is 2.12. The van der Waals surface area contributed by atoms with E-state index in [0.717, 1.165) is 15.4 Å². The number of aliphatic hydroxyl groups excluding tert-OH is 1. The topological polar surface area (TPSA) is 61.8 Å². The Labute approximate surface area is 79.3 Å². The van der Waals surface area contributed by atoms with E-state index in [1.54, 1.807) is 25.5 Å². The summed E-state index contributed by atoms with van der Waals surface area (Å²) in [7, 11) is 0. The van der Waals surface area contributed by atoms with Crippen LogP contribution in [0.2, 0.25) is 0 Å². The second-order valence-corrected chi connectivity index (χ2v) is 3.79. The minimum atomic E-state index is -0.446. The molecule has 68 valence electrons. The first-order chi connectivity index (χ1) is 6.27. The minimum absolute atomic E-state index is 0.446. The molecule has 1 unspecified atom stereocenters. The molecule has 1 atom stereocenters. The molecule has 0 aromatic carbocycles. The first-order valence-electron chi connectivity index (χ1n) is 3.90. The lowest BCUT2D eigenvalue weighted by atomic mass is 10.4. The van der Waals surface area contributed by atoms with Gasteiger partial charge >= 0.3 is 0 Å². The van der Waals surface area contributed by atoms with Crippen LogP contribution in [0.4, 0.5) is 0 Å². The van der Waals surface area contributed by atoms with Crippen molar-refractivity contribution in [2.45, 2.75) is 13.0 Å². The highest BCUT2D eigenvalue weighted by molar-refractivity contribution is 7.15. The molecule has 2 N–H and O–H groups in total. The van der Waals surface area contributed by atoms with Crippen LogP contribution in [-0.4, -0.2) is 20.3 Å². The van der Waals surface area contributed by atoms with Gasteiger partial charge in [-0.1, -0.05) is 0 Å². The van der Waals surface area contributed by atoms with Gasteiger partial charge in [-0.3, -0.25) is 5.10 Å². The van der Waals surface area contributed by atoms with Gasteiger partial charge in [0.15, 0.2) is 0 Å². The van der Waals surface area contributed by atoms with Gasteiger partial charge in [0.1, 0.15) is 5.01 Å². The number of hydrogen-bond donors (Lipinski definition) is 2. The molecule has 0 aliphatic carbocycles. The molecule has 2 rings (SSSR count). The van der Waals surface area contributed by atoms with Crippen molar-refractivity contribution >= 4 is 11.3 Å². The number of hydrogen-bond acceptors (Lipinski definition) is 4. The van der Waals surface area contributed by atoms with Crippen LogP contribution >= 0.6 is 11.3 Å². The molecule has 0 saturated heterocycles. The number of nitrogens with one attached hydrogen (secondary N) is 1. The van der Waals surface area contributed by atoms with E-state index in [0.29, 0.717) is 0 Å². The number of thiazole rings is 1. The third kappa shape index (κ3) is 1.61. The van der Waals surface area contributed by atoms with Crippen molar-refractivity contribution < 1.29 is 5.11 Å². The highest BCUT2D eigenvalue weighted by atomic mass is 32.1. The quantitative estimate of drug-likeness (QED) is 0.764. The first kappa shape index (κ1) is 8.40. The Morgan fingerprint density at radius 1 is 1.54 bits per heavy atom. The summed E-state index contributed by atoms with van der Waals surface area (Å²) >= 11 is 1.48. The van der Waals surface area contributed by atoms with Gasteiger partial charge in [0.25, 0.3) is 0 Å². The second kappa shape index (κ2) is 3.27. The van der Waals surface area contributed by atoms with Crippen LogP contribution < -0.4 is 0 Å². The van der Waals surface area contributed by atoms with Gasteiger partial charge in [0.05, 0.1) is 17.2 Å². The maximum absolute atomic E-state index is 9.28. The molecule has 5 heteroatoms. The molecule has 2 aromatic rings. The van der Waals surface area contributed by atoms with Gasteiger partial charge < -0.3 is 5.11 Å². The molecule has 0 radical (unpaired) electrons. The van der Waals surface area contributed by atoms with Crippen molar-refractivity contribution in [3.63, 3.8) is 0 Å². The molecule has 2 heterocycles. The van der Waals surface area contributed by atoms with Crippen LogP contribution in [-0.2, 0) is 0 Å². The van der Waals surface area contributed by atoms with E-state index in [4.69, 9.17) is 0 Å². The van der Waals surface area contributed by atoms with Crippen molar-refractivity contribution in [3.8, 4) is 10.6 Å². The number of aromatic nitrogens is 3. The van der Waals surface area contributed by atoms with Gasteiger partial charge in [-0.15, -0.1) is 11.3 Å². The largest absolute Gasteiger partial charge is 0.388 e. The summed E-state index contributed by atoms with van der Waals surface area (Å²) in [5.74, 6) is 0. The summed E-state index contributed by atoms with van der Waals surface area (Å²) in [5, 5.41) is 16.7. The van der Waals surface area contributed by atoms with E-state index in [9.17, 15) is 5.11 Å². The highest BCUT2D eigenvalue weighted by Crippen LogP contribution is 2.27. The fourth-order valence-corrected chi connectivity index (χ4v) is 1.82. The minimum Gasteiger partial charge on any atom is -0.388 e. The van der Waals surface area contributed by atoms with Gasteiger partial charge in [0.2, 0.25) is 0 Å². The lowest BCUT2D eigenvalue weighted by molar-refractivity contribution is 0.203. The Morgan fingerprint density at radius 2 is 2.38 bits per heavy atom. The predicted octanol–water partition coefficient (Wildman–Crippen LogP) is 1.59. The molecule has 0 aliphatic rings. The van der Waals surface area contributed by atoms with Crippen LogP contribution in [0.25, 0.3) is 10.6 Å². The molecule has 0 bridgehead atoms. The summed E-state index contributed by atoms with van der Waals surface area (Å²) in [6, 6.07) is 0. The highest BCUT2D eigenvalue weighted by Gasteiger charge is 2.08. The molecular formula is C8H9N3OS. The Balaban J connectivity index is 2.33. The lowest BCUT2D eigenvalue weighted by Gasteiger charge is -1.95. The van der Waals surface area contributed by atoms with Gasteiger partial charge in [-0.25, -0.2) is 4.98 Å². The van der Waals surface area contributed by atoms with Crippen molar-refractivity contribution in [2.75, 3.05) is 0 Å². The number of aromatic amines is 1. The summed E-state index contributed by atoms with van der Waals surface area (Å²) in [6.45, 7) is 1.73. The molecule has 0 spiro atoms. The molecule has 0 aliphatic heterocycles. The molecule has 0 amide bonds. The average Bonchev–Trinajstić information content (AvgIpc) is 2.75. The first-order valence-corrected chi connectivity index (χ1v) is 4.72. The van der Waals surface area contributed by atoms with Crippen LogP contribution in [0.15, 0.2) is 18.6 Å². The number of nitrogens with zero attached hydrogens (tertiary/aromatic N) is 2. The zero-order valence-electron chi connectivity index (χ0n) is 7.06. The summed E-state index contributed by atoms with van der Waals surface area (Å²) in [5.41, 5.74) is 0.955. The number of aliphatic hydroxyl groups is 1. The number of H-pyrrole nitrogens is 1. The Hall–Kier alpha value is -1.20. The zero-order valence-corrected chi connectivity index (χ0v) is 7.88. The molecule has 2 aromatic heterocycles. The van der Waals surface area contributed by atoms with Gasteiger partial charge in [-0.05, 0) is 6.92 Å². The third-order valence-electron chi connectivity index (χ3n) is 1.68. The third-order valence-corrected chi connectivity index (χ3v) is 2.90. The monoisotopic (exact) mass is 195 g/mol. The predicted molar refractivity (Wildman–Crippen MR) is 50.3 cm³/mol. The van der Waals surface area contributed by atoms with Crippen LogP contribution in [0, 0.1) is 0 Å². The van der Waals surface area contributed by atoms with E-state index in [2.05, 4.69) is 15.2 Å². The van der Waals surface area contributed by atoms with Crippen molar-refractivity contribution in [1.82, 2.24) is 15.2 Å². The molecule has 0 saturated carbocycles. The molecule has 13 heavy (non-hydrogen) atoms. The summed E-state index contributed by atoms with van der Waals surface area (Å²) < 4.78 is 0. The van der Waals surface area contributed by atoms with E-state index in [1.165, 1.54) is 11.3 Å². The van der Waals surface area contributed by atoms with Crippen molar-refractivity contribution in [2.24, 2.45) is 0 Å². The Bertz CT molecular complexity index is 380. The van der Waals surface area contributed by atoms with E-state index in [1.807, 2.05) is 0 Å². The van der Waals surface area contributed by atoms with Gasteiger partial charge in [-0.2, -0.15) is 5.10 Å². The molecule has 4 nitrogen and oxygen atoms in total. The maximum atomic E-state index is 9.28. The Morgan fingerprint density at radius 3 is 2.92 bits per heavy atom. The van der Waals surface area contributed by atoms with Crippen LogP contribution in [0.1, 0.15) is 17.9 Å². The standard InChI is InChI=1S/C8H9N3OS/c1-5(12)7-4-9-8(13-7)6-2-10-11-3-6/h2-5,12H,1H3,(H,10,11). The van der Waals surface area contributed by atoms with Crippen molar-refractivity contribution in [3.05, 3.63) is 23.5 Å². The lowest BCUT2D eigenvalue weighted by Crippen LogP contribution is -1.83. The van der Waals surface area contributed by atoms with Crippen LogP contribution in [0.5, 0.6) is 0 Å². The fourth-order valence-electron chi connectivity index (χ4n) is 0.981. The normalized spacial score (nSPS) is 13.1. The van der Waals surface area contributed by atoms with Crippen LogP contribution in [0.3, 0.4) is 0 Å². The average molecular weight is 195 g/mol. The smallest absolute Gasteiger partial charge is 0.126 e. The fraction of sp³-hybridized carbons (Fsp3) is 0.250. The SMILES string of the molecule is CC(O)c1cnc(-c2cn[nH]c2)s1. The van der Waals surface area contributed by atoms with E-state index < -0.39 is 6.10 Å². The maximum Gasteiger partial charge on any atom is 0.126 e. The molecular weight excluding hydrogens is 186 g/mol. The number of rotatable bonds is 2. The van der Waals surface area contributed by atoms with Crippen molar-refractivity contribution in [1.29, 1.82) is 0 Å². The summed E-state index contributed by atoms with van der Waals surface area (Å²) in [6.07, 6.45) is 4.74. The summed E-state index contributed by atoms with van der Waals surface area (Å²) in [4.78, 5) is 5.05. The second-order valence-electron chi connectivity index (χ2n) is 2.73. The van der Waals surface area contributed by atoms with Gasteiger partial charge in [0, 0.05) is 18.0 Å². The van der Waals surface area contributed by atoms with E-state index >= 15 is 0 Å². The van der Waals surface area contributed by atoms with E-state index in [-0.39, 0.29) is 0 Å². The molecule has 0 fully saturated rings. The zero-order chi connectivity index (χ0) is 9.26.